The minimum atomic E-state index is -2.24. The van der Waals surface area contributed by atoms with Crippen molar-refractivity contribution >= 4 is 7.37 Å². The zero-order valence-corrected chi connectivity index (χ0v) is 13.1. The van der Waals surface area contributed by atoms with E-state index in [0.29, 0.717) is 12.8 Å². The summed E-state index contributed by atoms with van der Waals surface area (Å²) in [5.74, 6) is 0. The van der Waals surface area contributed by atoms with Crippen LogP contribution in [0.2, 0.25) is 0 Å². The standard InChI is InChI=1S/C10H23O2P.Na.H/c1-4-7-8-9-10-13(11,6-3)12-5-2;;/h4-10H2,1-3H3;;/q;+1;-1. The smallest absolute Gasteiger partial charge is 1.00 e. The molecular weight excluding hydrogens is 206 g/mol. The molecule has 0 aliphatic heterocycles. The summed E-state index contributed by atoms with van der Waals surface area (Å²) in [6.07, 6.45) is 6.18. The van der Waals surface area contributed by atoms with Crippen LogP contribution in [0.1, 0.15) is 47.9 Å². The second-order valence-corrected chi connectivity index (χ2v) is 6.30. The van der Waals surface area contributed by atoms with Crippen LogP contribution in [0.4, 0.5) is 0 Å². The molecule has 0 N–H and O–H groups in total. The SMILES string of the molecule is CCCCCCP(=O)(CC)OCC.[H-].[Na+]. The second kappa shape index (κ2) is 10.7. The first-order valence-electron chi connectivity index (χ1n) is 5.41. The Morgan fingerprint density at radius 1 is 1.14 bits per heavy atom. The number of hydrogen-bond donors (Lipinski definition) is 0. The van der Waals surface area contributed by atoms with Gasteiger partial charge in [-0.05, 0) is 13.3 Å². The minimum absolute atomic E-state index is 0. The van der Waals surface area contributed by atoms with Crippen molar-refractivity contribution in [1.82, 2.24) is 0 Å². The predicted molar refractivity (Wildman–Crippen MR) is 59.9 cm³/mol. The molecule has 1 unspecified atom stereocenters. The van der Waals surface area contributed by atoms with E-state index < -0.39 is 7.37 Å². The van der Waals surface area contributed by atoms with E-state index in [4.69, 9.17) is 4.52 Å². The molecule has 0 aromatic carbocycles. The number of hydrogen-bond acceptors (Lipinski definition) is 2. The molecule has 0 aliphatic rings. The van der Waals surface area contributed by atoms with E-state index in [-0.39, 0.29) is 31.0 Å². The molecule has 2 nitrogen and oxygen atoms in total. The molecule has 0 saturated heterocycles. The van der Waals surface area contributed by atoms with Gasteiger partial charge >= 0.3 is 29.6 Å². The van der Waals surface area contributed by atoms with Gasteiger partial charge in [0, 0.05) is 12.3 Å². The zero-order valence-electron chi connectivity index (χ0n) is 11.2. The van der Waals surface area contributed by atoms with Crippen LogP contribution in [0.15, 0.2) is 0 Å². The van der Waals surface area contributed by atoms with E-state index in [0.717, 1.165) is 12.6 Å². The van der Waals surface area contributed by atoms with Crippen LogP contribution in [0.25, 0.3) is 0 Å². The van der Waals surface area contributed by atoms with Crippen molar-refractivity contribution in [2.75, 3.05) is 18.9 Å². The average molecular weight is 230 g/mol. The van der Waals surface area contributed by atoms with Gasteiger partial charge in [0.2, 0.25) is 7.37 Å². The Morgan fingerprint density at radius 3 is 2.21 bits per heavy atom. The Kier molecular flexibility index (Phi) is 13.4. The summed E-state index contributed by atoms with van der Waals surface area (Å²) in [7, 11) is -2.24. The van der Waals surface area contributed by atoms with Gasteiger partial charge in [-0.3, -0.25) is 4.57 Å². The quantitative estimate of drug-likeness (QED) is 0.353. The Hall–Kier alpha value is 1.19. The fourth-order valence-electron chi connectivity index (χ4n) is 1.33. The zero-order chi connectivity index (χ0) is 10.2. The first-order chi connectivity index (χ1) is 6.18. The van der Waals surface area contributed by atoms with Crippen molar-refractivity contribution in [3.05, 3.63) is 0 Å². The molecule has 1 atom stereocenters. The predicted octanol–water partition coefficient (Wildman–Crippen LogP) is 1.02. The summed E-state index contributed by atoms with van der Waals surface area (Å²) in [6, 6.07) is 0. The summed E-state index contributed by atoms with van der Waals surface area (Å²) < 4.78 is 17.2. The van der Waals surface area contributed by atoms with E-state index in [9.17, 15) is 4.57 Å². The van der Waals surface area contributed by atoms with Crippen LogP contribution in [-0.2, 0) is 9.09 Å². The van der Waals surface area contributed by atoms with Crippen molar-refractivity contribution in [2.45, 2.75) is 46.5 Å². The molecule has 0 heterocycles. The molecule has 0 saturated carbocycles. The van der Waals surface area contributed by atoms with Crippen LogP contribution in [0.3, 0.4) is 0 Å². The van der Waals surface area contributed by atoms with Crippen molar-refractivity contribution in [2.24, 2.45) is 0 Å². The molecule has 14 heavy (non-hydrogen) atoms. The van der Waals surface area contributed by atoms with E-state index in [1.807, 2.05) is 13.8 Å². The van der Waals surface area contributed by atoms with E-state index in [1.54, 1.807) is 0 Å². The molecule has 82 valence electrons. The van der Waals surface area contributed by atoms with Crippen molar-refractivity contribution in [1.29, 1.82) is 0 Å². The van der Waals surface area contributed by atoms with E-state index in [2.05, 4.69) is 6.92 Å². The third kappa shape index (κ3) is 8.49. The largest absolute Gasteiger partial charge is 1.00 e. The normalized spacial score (nSPS) is 14.5. The van der Waals surface area contributed by atoms with Crippen molar-refractivity contribution < 1.29 is 40.1 Å². The van der Waals surface area contributed by atoms with Gasteiger partial charge in [-0.25, -0.2) is 0 Å². The van der Waals surface area contributed by atoms with Gasteiger partial charge in [0.25, 0.3) is 0 Å². The van der Waals surface area contributed by atoms with Gasteiger partial charge < -0.3 is 5.95 Å². The Bertz CT molecular complexity index is 168. The second-order valence-electron chi connectivity index (χ2n) is 3.33. The molecule has 0 aliphatic carbocycles. The Morgan fingerprint density at radius 2 is 1.79 bits per heavy atom. The molecule has 0 radical (unpaired) electrons. The van der Waals surface area contributed by atoms with Crippen molar-refractivity contribution in [3.8, 4) is 0 Å². The molecule has 0 aromatic rings. The van der Waals surface area contributed by atoms with Gasteiger partial charge in [0.1, 0.15) is 0 Å². The fraction of sp³-hybridized carbons (Fsp3) is 1.00. The molecule has 0 spiro atoms. The molecule has 0 fully saturated rings. The minimum Gasteiger partial charge on any atom is -1.00 e. The fourth-order valence-corrected chi connectivity index (χ4v) is 3.13. The first-order valence-corrected chi connectivity index (χ1v) is 7.40. The van der Waals surface area contributed by atoms with Crippen LogP contribution >= 0.6 is 7.37 Å². The van der Waals surface area contributed by atoms with Gasteiger partial charge in [-0.1, -0.05) is 33.1 Å². The van der Waals surface area contributed by atoms with E-state index in [1.165, 1.54) is 19.3 Å². The third-order valence-electron chi connectivity index (χ3n) is 2.20. The van der Waals surface area contributed by atoms with Gasteiger partial charge in [-0.15, -0.1) is 0 Å². The van der Waals surface area contributed by atoms with Crippen LogP contribution < -0.4 is 29.6 Å². The molecule has 0 amide bonds. The average Bonchev–Trinajstić information content (AvgIpc) is 2.13. The first kappa shape index (κ1) is 17.6. The topological polar surface area (TPSA) is 26.3 Å². The number of rotatable bonds is 8. The summed E-state index contributed by atoms with van der Waals surface area (Å²) in [5, 5.41) is 0. The van der Waals surface area contributed by atoms with Gasteiger partial charge in [0.05, 0.1) is 6.61 Å². The van der Waals surface area contributed by atoms with Gasteiger partial charge in [0.15, 0.2) is 0 Å². The third-order valence-corrected chi connectivity index (χ3v) is 4.89. The van der Waals surface area contributed by atoms with Crippen molar-refractivity contribution in [3.63, 3.8) is 0 Å². The molecular formula is C10H24NaO2P. The van der Waals surface area contributed by atoms with Crippen LogP contribution in [-0.4, -0.2) is 18.9 Å². The number of unbranched alkanes of at least 4 members (excludes halogenated alkanes) is 3. The van der Waals surface area contributed by atoms with Gasteiger partial charge in [-0.2, -0.15) is 0 Å². The monoisotopic (exact) mass is 230 g/mol. The summed E-state index contributed by atoms with van der Waals surface area (Å²) in [5.41, 5.74) is 0. The molecule has 0 rings (SSSR count). The summed E-state index contributed by atoms with van der Waals surface area (Å²) in [6.45, 7) is 6.63. The molecule has 0 aromatic heterocycles. The Labute approximate surface area is 112 Å². The summed E-state index contributed by atoms with van der Waals surface area (Å²) in [4.78, 5) is 0. The van der Waals surface area contributed by atoms with Crippen LogP contribution in [0, 0.1) is 0 Å². The maximum absolute atomic E-state index is 11.9. The Balaban J connectivity index is -0.000000720. The van der Waals surface area contributed by atoms with Crippen LogP contribution in [0.5, 0.6) is 0 Å². The molecule has 0 bridgehead atoms. The maximum atomic E-state index is 11.9. The maximum Gasteiger partial charge on any atom is 1.00 e. The van der Waals surface area contributed by atoms with E-state index >= 15 is 0 Å². The summed E-state index contributed by atoms with van der Waals surface area (Å²) >= 11 is 0. The molecule has 4 heteroatoms.